The highest BCUT2D eigenvalue weighted by Gasteiger charge is 2.29. The smallest absolute Gasteiger partial charge is 0.145 e. The molecule has 17 heavy (non-hydrogen) atoms. The van der Waals surface area contributed by atoms with Gasteiger partial charge in [0.15, 0.2) is 0 Å². The molecule has 0 radical (unpaired) electrons. The van der Waals surface area contributed by atoms with Crippen LogP contribution in [0.2, 0.25) is 0 Å². The highest BCUT2D eigenvalue weighted by molar-refractivity contribution is 6.01. The first-order valence-electron chi connectivity index (χ1n) is 6.24. The molecule has 0 rings (SSSR count). The van der Waals surface area contributed by atoms with Crippen LogP contribution in [-0.4, -0.2) is 11.6 Å². The summed E-state index contributed by atoms with van der Waals surface area (Å²) < 4.78 is 0. The van der Waals surface area contributed by atoms with Crippen molar-refractivity contribution in [2.75, 3.05) is 0 Å². The largest absolute Gasteiger partial charge is 0.299 e. The van der Waals surface area contributed by atoms with E-state index in [-0.39, 0.29) is 23.4 Å². The summed E-state index contributed by atoms with van der Waals surface area (Å²) >= 11 is 0. The van der Waals surface area contributed by atoms with Gasteiger partial charge in [-0.05, 0) is 18.3 Å². The number of allylic oxidation sites excluding steroid dienone is 1. The van der Waals surface area contributed by atoms with Gasteiger partial charge in [-0.2, -0.15) is 0 Å². The lowest BCUT2D eigenvalue weighted by atomic mass is 9.79. The number of Topliss-reactive ketones (excluding diaryl/α,β-unsaturated/α-hetero) is 2. The van der Waals surface area contributed by atoms with Gasteiger partial charge in [-0.3, -0.25) is 9.59 Å². The minimum atomic E-state index is -0.415. The van der Waals surface area contributed by atoms with E-state index in [9.17, 15) is 9.59 Å². The maximum absolute atomic E-state index is 12.0. The molecular formula is C15H26O2. The van der Waals surface area contributed by atoms with Gasteiger partial charge in [-0.15, -0.1) is 6.58 Å². The van der Waals surface area contributed by atoms with Crippen LogP contribution in [-0.2, 0) is 9.59 Å². The molecule has 0 aromatic rings. The Labute approximate surface area is 105 Å². The number of carbonyl (C=O) groups is 2. The second kappa shape index (κ2) is 6.13. The highest BCUT2D eigenvalue weighted by atomic mass is 16.1. The Kier molecular flexibility index (Phi) is 5.80. The van der Waals surface area contributed by atoms with Gasteiger partial charge < -0.3 is 0 Å². The van der Waals surface area contributed by atoms with Crippen molar-refractivity contribution in [2.45, 2.75) is 60.3 Å². The lowest BCUT2D eigenvalue weighted by molar-refractivity contribution is -0.133. The maximum Gasteiger partial charge on any atom is 0.145 e. The van der Waals surface area contributed by atoms with Crippen molar-refractivity contribution in [3.63, 3.8) is 0 Å². The third kappa shape index (κ3) is 7.09. The summed E-state index contributed by atoms with van der Waals surface area (Å²) in [5.74, 6) is 0.0998. The fraction of sp³-hybridized carbons (Fsp3) is 0.733. The first-order chi connectivity index (χ1) is 7.58. The van der Waals surface area contributed by atoms with Crippen molar-refractivity contribution in [2.24, 2.45) is 10.8 Å². The fourth-order valence-corrected chi connectivity index (χ4v) is 1.67. The summed E-state index contributed by atoms with van der Waals surface area (Å²) in [5.41, 5.74) is -0.454. The van der Waals surface area contributed by atoms with E-state index in [1.165, 1.54) is 0 Å². The van der Waals surface area contributed by atoms with Crippen molar-refractivity contribution in [1.82, 2.24) is 0 Å². The van der Waals surface area contributed by atoms with Crippen LogP contribution in [0.3, 0.4) is 0 Å². The number of ketones is 2. The zero-order valence-electron chi connectivity index (χ0n) is 11.9. The number of carbonyl (C=O) groups excluding carboxylic acids is 2. The second-order valence-electron chi connectivity index (χ2n) is 6.59. The summed E-state index contributed by atoms with van der Waals surface area (Å²) in [6.45, 7) is 13.5. The zero-order valence-corrected chi connectivity index (χ0v) is 11.9. The van der Waals surface area contributed by atoms with Crippen LogP contribution in [0.15, 0.2) is 12.7 Å². The van der Waals surface area contributed by atoms with E-state index in [1.54, 1.807) is 0 Å². The minimum Gasteiger partial charge on any atom is -0.299 e. The molecule has 0 aromatic carbocycles. The molecule has 0 aliphatic heterocycles. The Hall–Kier alpha value is -0.920. The van der Waals surface area contributed by atoms with Crippen LogP contribution < -0.4 is 0 Å². The van der Waals surface area contributed by atoms with Gasteiger partial charge in [0.25, 0.3) is 0 Å². The Morgan fingerprint density at radius 3 is 2.06 bits per heavy atom. The quantitative estimate of drug-likeness (QED) is 0.497. The number of hydrogen-bond donors (Lipinski definition) is 0. The summed E-state index contributed by atoms with van der Waals surface area (Å²) in [6.07, 6.45) is 3.92. The SMILES string of the molecule is C=CCCC(C)(C)C(=O)CC(=O)CC(C)(C)C. The molecule has 0 N–H and O–H groups in total. The molecular weight excluding hydrogens is 212 g/mol. The van der Waals surface area contributed by atoms with Crippen molar-refractivity contribution < 1.29 is 9.59 Å². The van der Waals surface area contributed by atoms with Gasteiger partial charge in [0, 0.05) is 11.8 Å². The van der Waals surface area contributed by atoms with E-state index in [1.807, 2.05) is 40.7 Å². The standard InChI is InChI=1S/C15H26O2/c1-7-8-9-15(5,6)13(17)10-12(16)11-14(2,3)4/h7H,1,8-11H2,2-6H3. The van der Waals surface area contributed by atoms with Crippen molar-refractivity contribution in [3.05, 3.63) is 12.7 Å². The topological polar surface area (TPSA) is 34.1 Å². The van der Waals surface area contributed by atoms with Gasteiger partial charge in [0.05, 0.1) is 6.42 Å². The molecule has 2 nitrogen and oxygen atoms in total. The number of hydrogen-bond acceptors (Lipinski definition) is 2. The van der Waals surface area contributed by atoms with Crippen LogP contribution >= 0.6 is 0 Å². The van der Waals surface area contributed by atoms with Gasteiger partial charge >= 0.3 is 0 Å². The lowest BCUT2D eigenvalue weighted by Crippen LogP contribution is -2.27. The molecule has 0 aromatic heterocycles. The number of rotatable bonds is 7. The second-order valence-corrected chi connectivity index (χ2v) is 6.59. The summed E-state index contributed by atoms with van der Waals surface area (Å²) in [6, 6.07) is 0. The summed E-state index contributed by atoms with van der Waals surface area (Å²) in [4.78, 5) is 23.8. The van der Waals surface area contributed by atoms with Gasteiger partial charge in [-0.1, -0.05) is 40.7 Å². The van der Waals surface area contributed by atoms with Crippen LogP contribution in [0.5, 0.6) is 0 Å². The average molecular weight is 238 g/mol. The molecule has 0 unspecified atom stereocenters. The lowest BCUT2D eigenvalue weighted by Gasteiger charge is -2.23. The molecule has 98 valence electrons. The predicted molar refractivity (Wildman–Crippen MR) is 71.9 cm³/mol. The monoisotopic (exact) mass is 238 g/mol. The fourth-order valence-electron chi connectivity index (χ4n) is 1.67. The molecule has 0 aliphatic rings. The van der Waals surface area contributed by atoms with Gasteiger partial charge in [0.1, 0.15) is 11.6 Å². The molecule has 2 heteroatoms. The molecule has 0 heterocycles. The highest BCUT2D eigenvalue weighted by Crippen LogP contribution is 2.27. The Morgan fingerprint density at radius 2 is 1.65 bits per heavy atom. The van der Waals surface area contributed by atoms with E-state index < -0.39 is 5.41 Å². The Bertz CT molecular complexity index is 293. The van der Waals surface area contributed by atoms with Gasteiger partial charge in [0.2, 0.25) is 0 Å². The summed E-state index contributed by atoms with van der Waals surface area (Å²) in [7, 11) is 0. The van der Waals surface area contributed by atoms with Crippen LogP contribution in [0.4, 0.5) is 0 Å². The maximum atomic E-state index is 12.0. The molecule has 0 saturated carbocycles. The third-order valence-corrected chi connectivity index (χ3v) is 2.81. The summed E-state index contributed by atoms with van der Waals surface area (Å²) in [5, 5.41) is 0. The van der Waals surface area contributed by atoms with Crippen LogP contribution in [0.1, 0.15) is 60.3 Å². The molecule has 0 saturated heterocycles. The molecule has 0 fully saturated rings. The zero-order chi connectivity index (χ0) is 13.7. The minimum absolute atomic E-state index is 0.0391. The first-order valence-corrected chi connectivity index (χ1v) is 6.24. The predicted octanol–water partition coefficient (Wildman–Crippen LogP) is 3.94. The molecule has 0 spiro atoms. The average Bonchev–Trinajstić information content (AvgIpc) is 2.11. The third-order valence-electron chi connectivity index (χ3n) is 2.81. The molecule has 0 bridgehead atoms. The molecule has 0 amide bonds. The normalized spacial score (nSPS) is 12.3. The van der Waals surface area contributed by atoms with Crippen molar-refractivity contribution >= 4 is 11.6 Å². The van der Waals surface area contributed by atoms with Crippen molar-refractivity contribution in [3.8, 4) is 0 Å². The van der Waals surface area contributed by atoms with Crippen LogP contribution in [0, 0.1) is 10.8 Å². The molecule has 0 aliphatic carbocycles. The Morgan fingerprint density at radius 1 is 1.12 bits per heavy atom. The Balaban J connectivity index is 4.33. The van der Waals surface area contributed by atoms with E-state index >= 15 is 0 Å². The molecule has 0 atom stereocenters. The van der Waals surface area contributed by atoms with E-state index in [4.69, 9.17) is 0 Å². The van der Waals surface area contributed by atoms with Crippen LogP contribution in [0.25, 0.3) is 0 Å². The van der Waals surface area contributed by atoms with E-state index in [0.717, 1.165) is 12.8 Å². The van der Waals surface area contributed by atoms with Gasteiger partial charge in [-0.25, -0.2) is 0 Å². The van der Waals surface area contributed by atoms with E-state index in [0.29, 0.717) is 6.42 Å². The van der Waals surface area contributed by atoms with E-state index in [2.05, 4.69) is 6.58 Å². The first kappa shape index (κ1) is 16.1. The van der Waals surface area contributed by atoms with Crippen molar-refractivity contribution in [1.29, 1.82) is 0 Å².